The monoisotopic (exact) mass is 270 g/mol. The lowest BCUT2D eigenvalue weighted by Gasteiger charge is -2.36. The van der Waals surface area contributed by atoms with Crippen LogP contribution in [0, 0.1) is 11.3 Å². The molecule has 0 saturated carbocycles. The van der Waals surface area contributed by atoms with Crippen LogP contribution >= 0.6 is 0 Å². The molecule has 4 nitrogen and oxygen atoms in total. The number of nitrogens with one attached hydrogen (secondary N) is 2. The van der Waals surface area contributed by atoms with E-state index in [1.54, 1.807) is 0 Å². The minimum absolute atomic E-state index is 0.115. The van der Waals surface area contributed by atoms with E-state index in [0.717, 1.165) is 45.2 Å². The summed E-state index contributed by atoms with van der Waals surface area (Å²) in [5.74, 6) is 0.567. The van der Waals surface area contributed by atoms with Crippen LogP contribution in [-0.4, -0.2) is 36.8 Å². The lowest BCUT2D eigenvalue weighted by Crippen LogP contribution is -2.51. The van der Waals surface area contributed by atoms with Gasteiger partial charge in [-0.1, -0.05) is 27.2 Å². The van der Waals surface area contributed by atoms with Gasteiger partial charge in [-0.2, -0.15) is 0 Å². The predicted molar refractivity (Wildman–Crippen MR) is 77.9 cm³/mol. The standard InChI is InChI=1S/C15H30N2O2/c1-4-6-15(7-5-8-16-11-15)14(19)17-10-13(18)9-12(2)3/h12-13,16,18H,4-11H2,1-3H3,(H,17,19). The van der Waals surface area contributed by atoms with Crippen molar-refractivity contribution in [2.45, 2.75) is 59.0 Å². The average molecular weight is 270 g/mol. The van der Waals surface area contributed by atoms with Gasteiger partial charge in [0, 0.05) is 13.1 Å². The minimum atomic E-state index is -0.431. The first-order valence-corrected chi connectivity index (χ1v) is 7.67. The van der Waals surface area contributed by atoms with Crippen LogP contribution in [0.5, 0.6) is 0 Å². The van der Waals surface area contributed by atoms with Gasteiger partial charge in [0.05, 0.1) is 11.5 Å². The second-order valence-electron chi connectivity index (χ2n) is 6.30. The SMILES string of the molecule is CCCC1(C(=O)NCC(O)CC(C)C)CCCNC1. The molecule has 1 aliphatic rings. The summed E-state index contributed by atoms with van der Waals surface area (Å²) in [6, 6.07) is 0. The lowest BCUT2D eigenvalue weighted by molar-refractivity contribution is -0.133. The van der Waals surface area contributed by atoms with Crippen molar-refractivity contribution < 1.29 is 9.90 Å². The zero-order chi connectivity index (χ0) is 14.3. The maximum Gasteiger partial charge on any atom is 0.227 e. The third-order valence-corrected chi connectivity index (χ3v) is 3.92. The molecule has 0 radical (unpaired) electrons. The van der Waals surface area contributed by atoms with Crippen LogP contribution in [-0.2, 0) is 4.79 Å². The topological polar surface area (TPSA) is 61.4 Å². The Labute approximate surface area is 117 Å². The molecule has 2 atom stereocenters. The molecule has 0 aromatic rings. The molecule has 1 saturated heterocycles. The Hall–Kier alpha value is -0.610. The van der Waals surface area contributed by atoms with Crippen molar-refractivity contribution in [3.63, 3.8) is 0 Å². The summed E-state index contributed by atoms with van der Waals surface area (Å²) < 4.78 is 0. The van der Waals surface area contributed by atoms with Gasteiger partial charge in [-0.05, 0) is 38.1 Å². The summed E-state index contributed by atoms with van der Waals surface area (Å²) in [6.07, 6.45) is 4.26. The van der Waals surface area contributed by atoms with E-state index in [4.69, 9.17) is 0 Å². The van der Waals surface area contributed by atoms with Crippen LogP contribution in [0.15, 0.2) is 0 Å². The van der Waals surface area contributed by atoms with Crippen molar-refractivity contribution in [2.24, 2.45) is 11.3 Å². The summed E-state index contributed by atoms with van der Waals surface area (Å²) in [5, 5.41) is 16.1. The summed E-state index contributed by atoms with van der Waals surface area (Å²) >= 11 is 0. The van der Waals surface area contributed by atoms with Crippen molar-refractivity contribution in [3.8, 4) is 0 Å². The summed E-state index contributed by atoms with van der Waals surface area (Å²) in [7, 11) is 0. The molecule has 112 valence electrons. The fourth-order valence-corrected chi connectivity index (χ4v) is 2.99. The molecule has 1 aliphatic heterocycles. The highest BCUT2D eigenvalue weighted by molar-refractivity contribution is 5.83. The number of aliphatic hydroxyl groups is 1. The van der Waals surface area contributed by atoms with Crippen LogP contribution in [0.25, 0.3) is 0 Å². The zero-order valence-corrected chi connectivity index (χ0v) is 12.7. The summed E-state index contributed by atoms with van der Waals surface area (Å²) in [6.45, 7) is 8.44. The molecule has 1 fully saturated rings. The number of hydrogen-bond donors (Lipinski definition) is 3. The molecule has 4 heteroatoms. The maximum absolute atomic E-state index is 12.4. The number of carbonyl (C=O) groups is 1. The van der Waals surface area contributed by atoms with Crippen LogP contribution in [0.3, 0.4) is 0 Å². The number of piperidine rings is 1. The van der Waals surface area contributed by atoms with Crippen LogP contribution in [0.4, 0.5) is 0 Å². The molecular formula is C15H30N2O2. The van der Waals surface area contributed by atoms with E-state index in [-0.39, 0.29) is 11.3 Å². The number of aliphatic hydroxyl groups excluding tert-OH is 1. The smallest absolute Gasteiger partial charge is 0.227 e. The van der Waals surface area contributed by atoms with E-state index in [2.05, 4.69) is 31.4 Å². The van der Waals surface area contributed by atoms with Gasteiger partial charge in [-0.3, -0.25) is 4.79 Å². The van der Waals surface area contributed by atoms with Gasteiger partial charge in [0.2, 0.25) is 5.91 Å². The Morgan fingerprint density at radius 2 is 2.21 bits per heavy atom. The van der Waals surface area contributed by atoms with Gasteiger partial charge in [0.1, 0.15) is 0 Å². The van der Waals surface area contributed by atoms with Crippen molar-refractivity contribution in [3.05, 3.63) is 0 Å². The van der Waals surface area contributed by atoms with Crippen molar-refractivity contribution >= 4 is 5.91 Å². The van der Waals surface area contributed by atoms with E-state index < -0.39 is 6.10 Å². The van der Waals surface area contributed by atoms with Gasteiger partial charge in [-0.25, -0.2) is 0 Å². The molecular weight excluding hydrogens is 240 g/mol. The number of carbonyl (C=O) groups excluding carboxylic acids is 1. The molecule has 1 rings (SSSR count). The quantitative estimate of drug-likeness (QED) is 0.659. The first kappa shape index (κ1) is 16.4. The summed E-state index contributed by atoms with van der Waals surface area (Å²) in [4.78, 5) is 12.4. The van der Waals surface area contributed by atoms with Crippen molar-refractivity contribution in [2.75, 3.05) is 19.6 Å². The van der Waals surface area contributed by atoms with E-state index in [1.165, 1.54) is 0 Å². The fourth-order valence-electron chi connectivity index (χ4n) is 2.99. The first-order valence-electron chi connectivity index (χ1n) is 7.67. The van der Waals surface area contributed by atoms with Crippen LogP contribution < -0.4 is 10.6 Å². The molecule has 0 aliphatic carbocycles. The third kappa shape index (κ3) is 5.11. The van der Waals surface area contributed by atoms with E-state index >= 15 is 0 Å². The molecule has 3 N–H and O–H groups in total. The number of rotatable bonds is 7. The molecule has 0 aromatic carbocycles. The molecule has 1 heterocycles. The normalized spacial score (nSPS) is 25.3. The molecule has 2 unspecified atom stereocenters. The van der Waals surface area contributed by atoms with Crippen LogP contribution in [0.1, 0.15) is 52.9 Å². The highest BCUT2D eigenvalue weighted by Crippen LogP contribution is 2.31. The highest BCUT2D eigenvalue weighted by Gasteiger charge is 2.38. The summed E-state index contributed by atoms with van der Waals surface area (Å²) in [5.41, 5.74) is -0.259. The Balaban J connectivity index is 2.48. The van der Waals surface area contributed by atoms with Gasteiger partial charge < -0.3 is 15.7 Å². The Bertz CT molecular complexity index is 268. The van der Waals surface area contributed by atoms with E-state index in [0.29, 0.717) is 12.5 Å². The van der Waals surface area contributed by atoms with Gasteiger partial charge in [0.15, 0.2) is 0 Å². The largest absolute Gasteiger partial charge is 0.391 e. The second kappa shape index (κ2) is 7.85. The van der Waals surface area contributed by atoms with Gasteiger partial charge >= 0.3 is 0 Å². The second-order valence-corrected chi connectivity index (χ2v) is 6.30. The Morgan fingerprint density at radius 1 is 1.47 bits per heavy atom. The molecule has 0 spiro atoms. The average Bonchev–Trinajstić information content (AvgIpc) is 2.36. The fraction of sp³-hybridized carbons (Fsp3) is 0.933. The Morgan fingerprint density at radius 3 is 2.74 bits per heavy atom. The van der Waals surface area contributed by atoms with Gasteiger partial charge in [0.25, 0.3) is 0 Å². The lowest BCUT2D eigenvalue weighted by atomic mass is 9.76. The van der Waals surface area contributed by atoms with Crippen molar-refractivity contribution in [1.29, 1.82) is 0 Å². The highest BCUT2D eigenvalue weighted by atomic mass is 16.3. The first-order chi connectivity index (χ1) is 9.00. The number of amides is 1. The van der Waals surface area contributed by atoms with Crippen molar-refractivity contribution in [1.82, 2.24) is 10.6 Å². The van der Waals surface area contributed by atoms with Crippen LogP contribution in [0.2, 0.25) is 0 Å². The maximum atomic E-state index is 12.4. The van der Waals surface area contributed by atoms with E-state index in [1.807, 2.05) is 0 Å². The third-order valence-electron chi connectivity index (χ3n) is 3.92. The van der Waals surface area contributed by atoms with Gasteiger partial charge in [-0.15, -0.1) is 0 Å². The Kier molecular flexibility index (Phi) is 6.80. The molecule has 19 heavy (non-hydrogen) atoms. The minimum Gasteiger partial charge on any atom is -0.391 e. The van der Waals surface area contributed by atoms with E-state index in [9.17, 15) is 9.90 Å². The number of hydrogen-bond acceptors (Lipinski definition) is 3. The zero-order valence-electron chi connectivity index (χ0n) is 12.7. The molecule has 0 bridgehead atoms. The molecule has 1 amide bonds. The predicted octanol–water partition coefficient (Wildman–Crippen LogP) is 1.68. The molecule has 0 aromatic heterocycles.